The van der Waals surface area contributed by atoms with Gasteiger partial charge in [-0.2, -0.15) is 5.10 Å². The molecule has 0 aromatic carbocycles. The number of nitrogens with one attached hydrogen (secondary N) is 1. The Bertz CT molecular complexity index is 455. The minimum absolute atomic E-state index is 0.0486. The van der Waals surface area contributed by atoms with Gasteiger partial charge in [-0.3, -0.25) is 14.3 Å². The van der Waals surface area contributed by atoms with Crippen LogP contribution in [0.4, 0.5) is 0 Å². The van der Waals surface area contributed by atoms with Gasteiger partial charge in [0, 0.05) is 19.3 Å². The van der Waals surface area contributed by atoms with E-state index in [1.54, 1.807) is 17.9 Å². The average molecular weight is 251 g/mol. The number of aromatic nitrogens is 2. The Morgan fingerprint density at radius 2 is 2.28 bits per heavy atom. The molecular weight excluding hydrogens is 234 g/mol. The third kappa shape index (κ3) is 2.88. The van der Waals surface area contributed by atoms with E-state index in [1.165, 1.54) is 6.20 Å². The topological polar surface area (TPSA) is 84.2 Å². The third-order valence-electron chi connectivity index (χ3n) is 3.33. The number of carbonyl (C=O) groups is 2. The molecule has 0 saturated heterocycles. The van der Waals surface area contributed by atoms with Gasteiger partial charge in [0.1, 0.15) is 0 Å². The minimum atomic E-state index is -0.768. The Hall–Kier alpha value is -1.85. The van der Waals surface area contributed by atoms with E-state index in [4.69, 9.17) is 5.11 Å². The largest absolute Gasteiger partial charge is 0.481 e. The molecule has 0 spiro atoms. The van der Waals surface area contributed by atoms with Crippen LogP contribution < -0.4 is 5.32 Å². The molecule has 0 radical (unpaired) electrons. The number of aryl methyl sites for hydroxylation is 1. The summed E-state index contributed by atoms with van der Waals surface area (Å²) >= 11 is 0. The molecule has 6 nitrogen and oxygen atoms in total. The van der Waals surface area contributed by atoms with Crippen LogP contribution in [0.25, 0.3) is 0 Å². The molecule has 2 rings (SSSR count). The van der Waals surface area contributed by atoms with Crippen molar-refractivity contribution in [1.82, 2.24) is 15.1 Å². The van der Waals surface area contributed by atoms with Gasteiger partial charge in [-0.25, -0.2) is 0 Å². The minimum Gasteiger partial charge on any atom is -0.481 e. The summed E-state index contributed by atoms with van der Waals surface area (Å²) in [6, 6.07) is -0.0486. The van der Waals surface area contributed by atoms with Crippen molar-refractivity contribution in [2.45, 2.75) is 31.7 Å². The highest BCUT2D eigenvalue weighted by atomic mass is 16.4. The van der Waals surface area contributed by atoms with Gasteiger partial charge < -0.3 is 10.4 Å². The second-order valence-electron chi connectivity index (χ2n) is 4.77. The maximum atomic E-state index is 11.9. The fourth-order valence-electron chi connectivity index (χ4n) is 2.35. The molecule has 98 valence electrons. The van der Waals surface area contributed by atoms with Crippen LogP contribution in [0.3, 0.4) is 0 Å². The van der Waals surface area contributed by atoms with Crippen LogP contribution in [0.2, 0.25) is 0 Å². The number of rotatable bonds is 3. The van der Waals surface area contributed by atoms with Crippen molar-refractivity contribution in [1.29, 1.82) is 0 Å². The number of nitrogens with zero attached hydrogens (tertiary/aromatic N) is 2. The number of amides is 1. The van der Waals surface area contributed by atoms with E-state index >= 15 is 0 Å². The molecule has 18 heavy (non-hydrogen) atoms. The Kier molecular flexibility index (Phi) is 3.64. The molecule has 1 saturated carbocycles. The van der Waals surface area contributed by atoms with Crippen molar-refractivity contribution in [3.63, 3.8) is 0 Å². The van der Waals surface area contributed by atoms with E-state index in [1.807, 2.05) is 0 Å². The lowest BCUT2D eigenvalue weighted by molar-refractivity contribution is -0.143. The lowest BCUT2D eigenvalue weighted by Crippen LogP contribution is -2.39. The zero-order chi connectivity index (χ0) is 13.1. The fourth-order valence-corrected chi connectivity index (χ4v) is 2.35. The molecule has 2 atom stereocenters. The van der Waals surface area contributed by atoms with Crippen molar-refractivity contribution in [2.24, 2.45) is 13.0 Å². The molecule has 6 heteroatoms. The number of carboxylic acids is 1. The second-order valence-corrected chi connectivity index (χ2v) is 4.77. The molecule has 1 amide bonds. The predicted octanol–water partition coefficient (Wildman–Crippen LogP) is 0.793. The van der Waals surface area contributed by atoms with Crippen LogP contribution in [0.1, 0.15) is 36.0 Å². The number of hydrogen-bond donors (Lipinski definition) is 2. The van der Waals surface area contributed by atoms with Crippen molar-refractivity contribution in [2.75, 3.05) is 0 Å². The zero-order valence-electron chi connectivity index (χ0n) is 10.3. The summed E-state index contributed by atoms with van der Waals surface area (Å²) in [5.74, 6) is -1.28. The van der Waals surface area contributed by atoms with Gasteiger partial charge in [-0.05, 0) is 19.3 Å². The Labute approximate surface area is 105 Å². The first-order valence-corrected chi connectivity index (χ1v) is 6.08. The molecule has 1 aliphatic carbocycles. The van der Waals surface area contributed by atoms with Crippen LogP contribution in [-0.4, -0.2) is 32.8 Å². The number of hydrogen-bond acceptors (Lipinski definition) is 3. The Morgan fingerprint density at radius 3 is 2.89 bits per heavy atom. The predicted molar refractivity (Wildman–Crippen MR) is 64.1 cm³/mol. The molecule has 1 fully saturated rings. The molecule has 0 bridgehead atoms. The summed E-state index contributed by atoms with van der Waals surface area (Å²) in [4.78, 5) is 22.8. The van der Waals surface area contributed by atoms with Crippen LogP contribution in [0, 0.1) is 5.92 Å². The maximum absolute atomic E-state index is 11.9. The van der Waals surface area contributed by atoms with Crippen molar-refractivity contribution < 1.29 is 14.7 Å². The van der Waals surface area contributed by atoms with Gasteiger partial charge in [0.05, 0.1) is 17.7 Å². The van der Waals surface area contributed by atoms with Gasteiger partial charge in [0.15, 0.2) is 0 Å². The number of aliphatic carboxylic acids is 1. The highest BCUT2D eigenvalue weighted by Crippen LogP contribution is 2.24. The van der Waals surface area contributed by atoms with E-state index in [0.29, 0.717) is 18.4 Å². The second kappa shape index (κ2) is 5.20. The molecule has 0 aliphatic heterocycles. The van der Waals surface area contributed by atoms with E-state index in [-0.39, 0.29) is 17.9 Å². The summed E-state index contributed by atoms with van der Waals surface area (Å²) in [5, 5.41) is 15.8. The summed E-state index contributed by atoms with van der Waals surface area (Å²) in [7, 11) is 1.75. The van der Waals surface area contributed by atoms with Crippen LogP contribution in [0.5, 0.6) is 0 Å². The Balaban J connectivity index is 1.93. The molecule has 1 heterocycles. The quantitative estimate of drug-likeness (QED) is 0.832. The normalized spacial score (nSPS) is 23.6. The first-order valence-electron chi connectivity index (χ1n) is 6.08. The summed E-state index contributed by atoms with van der Waals surface area (Å²) in [6.07, 6.45) is 6.06. The average Bonchev–Trinajstić information content (AvgIpc) is 2.76. The summed E-state index contributed by atoms with van der Waals surface area (Å²) < 4.78 is 1.57. The van der Waals surface area contributed by atoms with E-state index in [0.717, 1.165) is 12.8 Å². The molecule has 1 aliphatic rings. The van der Waals surface area contributed by atoms with E-state index in [9.17, 15) is 9.59 Å². The highest BCUT2D eigenvalue weighted by Gasteiger charge is 2.28. The van der Waals surface area contributed by atoms with Gasteiger partial charge in [0.25, 0.3) is 5.91 Å². The lowest BCUT2D eigenvalue weighted by atomic mass is 9.86. The monoisotopic (exact) mass is 251 g/mol. The number of carbonyl (C=O) groups excluding carboxylic acids is 1. The van der Waals surface area contributed by atoms with E-state index < -0.39 is 5.97 Å². The standard InChI is InChI=1S/C12H17N3O3/c1-15-7-9(6-13-15)11(16)14-10-4-2-3-8(5-10)12(17)18/h6-8,10H,2-5H2,1H3,(H,14,16)(H,17,18). The van der Waals surface area contributed by atoms with Crippen molar-refractivity contribution in [3.05, 3.63) is 18.0 Å². The van der Waals surface area contributed by atoms with Crippen LogP contribution >= 0.6 is 0 Å². The maximum Gasteiger partial charge on any atom is 0.306 e. The SMILES string of the molecule is Cn1cc(C(=O)NC2CCCC(C(=O)O)C2)cn1. The van der Waals surface area contributed by atoms with Crippen LogP contribution in [0.15, 0.2) is 12.4 Å². The molecule has 2 unspecified atom stereocenters. The Morgan fingerprint density at radius 1 is 1.50 bits per heavy atom. The molecular formula is C12H17N3O3. The van der Waals surface area contributed by atoms with Crippen molar-refractivity contribution >= 4 is 11.9 Å². The summed E-state index contributed by atoms with van der Waals surface area (Å²) in [5.41, 5.74) is 0.509. The van der Waals surface area contributed by atoms with Gasteiger partial charge >= 0.3 is 5.97 Å². The summed E-state index contributed by atoms with van der Waals surface area (Å²) in [6.45, 7) is 0. The smallest absolute Gasteiger partial charge is 0.306 e. The first kappa shape index (κ1) is 12.6. The zero-order valence-corrected chi connectivity index (χ0v) is 10.3. The third-order valence-corrected chi connectivity index (χ3v) is 3.33. The first-order chi connectivity index (χ1) is 8.56. The van der Waals surface area contributed by atoms with Crippen LogP contribution in [-0.2, 0) is 11.8 Å². The van der Waals surface area contributed by atoms with E-state index in [2.05, 4.69) is 10.4 Å². The van der Waals surface area contributed by atoms with Gasteiger partial charge in [-0.15, -0.1) is 0 Å². The molecule has 2 N–H and O–H groups in total. The molecule has 1 aromatic heterocycles. The van der Waals surface area contributed by atoms with Gasteiger partial charge in [-0.1, -0.05) is 6.42 Å². The fraction of sp³-hybridized carbons (Fsp3) is 0.583. The lowest BCUT2D eigenvalue weighted by Gasteiger charge is -2.27. The molecule has 1 aromatic rings. The number of carboxylic acid groups (broad SMARTS) is 1. The van der Waals surface area contributed by atoms with Gasteiger partial charge in [0.2, 0.25) is 0 Å². The van der Waals surface area contributed by atoms with Crippen molar-refractivity contribution in [3.8, 4) is 0 Å². The highest BCUT2D eigenvalue weighted by molar-refractivity contribution is 5.93.